The van der Waals surface area contributed by atoms with Gasteiger partial charge in [-0.2, -0.15) is 0 Å². The molecule has 0 spiro atoms. The van der Waals surface area contributed by atoms with Gasteiger partial charge >= 0.3 is 12.0 Å². The van der Waals surface area contributed by atoms with Crippen molar-refractivity contribution in [3.63, 3.8) is 0 Å². The van der Waals surface area contributed by atoms with Crippen molar-refractivity contribution in [1.29, 1.82) is 0 Å². The Morgan fingerprint density at radius 2 is 1.95 bits per heavy atom. The van der Waals surface area contributed by atoms with E-state index in [4.69, 9.17) is 10.2 Å². The van der Waals surface area contributed by atoms with Gasteiger partial charge in [0.2, 0.25) is 0 Å². The van der Waals surface area contributed by atoms with Crippen LogP contribution in [-0.4, -0.2) is 34.8 Å². The van der Waals surface area contributed by atoms with Crippen LogP contribution in [0.3, 0.4) is 0 Å². The fraction of sp³-hybridized carbons (Fsp3) is 0.231. The quantitative estimate of drug-likeness (QED) is 0.573. The van der Waals surface area contributed by atoms with E-state index in [1.807, 2.05) is 0 Å². The number of carbonyl (C=O) groups is 2. The van der Waals surface area contributed by atoms with Crippen LogP contribution in [-0.2, 0) is 11.2 Å². The maximum absolute atomic E-state index is 11.4. The molecule has 102 valence electrons. The van der Waals surface area contributed by atoms with E-state index in [0.717, 1.165) is 0 Å². The summed E-state index contributed by atoms with van der Waals surface area (Å²) >= 11 is 0. The SMILES string of the molecule is C=CCNC(=O)N[C@H](Cc1ccc(O)cc1)C(=O)O. The summed E-state index contributed by atoms with van der Waals surface area (Å²) in [4.78, 5) is 22.5. The molecule has 0 saturated heterocycles. The molecule has 1 aromatic rings. The molecule has 0 fully saturated rings. The standard InChI is InChI=1S/C13H16N2O4/c1-2-7-14-13(19)15-11(12(17)18)8-9-3-5-10(16)6-4-9/h2-6,11,16H,1,7-8H2,(H,17,18)(H2,14,15,19)/t11-/m1/s1. The highest BCUT2D eigenvalue weighted by atomic mass is 16.4. The third-order valence-corrected chi connectivity index (χ3v) is 2.39. The molecule has 4 N–H and O–H groups in total. The summed E-state index contributed by atoms with van der Waals surface area (Å²) in [6.45, 7) is 3.70. The van der Waals surface area contributed by atoms with Crippen LogP contribution in [0.15, 0.2) is 36.9 Å². The number of carbonyl (C=O) groups excluding carboxylic acids is 1. The van der Waals surface area contributed by atoms with Gasteiger partial charge in [0.1, 0.15) is 11.8 Å². The molecule has 19 heavy (non-hydrogen) atoms. The molecule has 0 bridgehead atoms. The van der Waals surface area contributed by atoms with E-state index < -0.39 is 18.0 Å². The normalized spacial score (nSPS) is 11.4. The maximum atomic E-state index is 11.4. The highest BCUT2D eigenvalue weighted by molar-refractivity contribution is 5.82. The first-order valence-electron chi connectivity index (χ1n) is 5.69. The van der Waals surface area contributed by atoms with Gasteiger partial charge in [-0.3, -0.25) is 0 Å². The van der Waals surface area contributed by atoms with Crippen LogP contribution in [0, 0.1) is 0 Å². The van der Waals surface area contributed by atoms with Crippen molar-refractivity contribution in [3.05, 3.63) is 42.5 Å². The summed E-state index contributed by atoms with van der Waals surface area (Å²) in [5.74, 6) is -1.02. The second-order valence-corrected chi connectivity index (χ2v) is 3.90. The Morgan fingerprint density at radius 3 is 2.47 bits per heavy atom. The predicted octanol–water partition coefficient (Wildman–Crippen LogP) is 0.873. The van der Waals surface area contributed by atoms with Crippen LogP contribution >= 0.6 is 0 Å². The Kier molecular flexibility index (Phi) is 5.40. The van der Waals surface area contributed by atoms with E-state index in [1.165, 1.54) is 18.2 Å². The minimum Gasteiger partial charge on any atom is -0.508 e. The van der Waals surface area contributed by atoms with Crippen LogP contribution < -0.4 is 10.6 Å². The summed E-state index contributed by atoms with van der Waals surface area (Å²) in [6, 6.07) is 4.54. The van der Waals surface area contributed by atoms with Gasteiger partial charge in [0.25, 0.3) is 0 Å². The largest absolute Gasteiger partial charge is 0.508 e. The molecular weight excluding hydrogens is 248 g/mol. The third kappa shape index (κ3) is 5.12. The van der Waals surface area contributed by atoms with Crippen LogP contribution in [0.1, 0.15) is 5.56 Å². The number of benzene rings is 1. The number of carboxylic acids is 1. The third-order valence-electron chi connectivity index (χ3n) is 2.39. The van der Waals surface area contributed by atoms with Crippen molar-refractivity contribution < 1.29 is 19.8 Å². The topological polar surface area (TPSA) is 98.7 Å². The first kappa shape index (κ1) is 14.6. The number of urea groups is 1. The molecule has 0 aliphatic rings. The summed E-state index contributed by atoms with van der Waals surface area (Å²) in [6.07, 6.45) is 1.63. The molecule has 0 aromatic heterocycles. The molecule has 0 radical (unpaired) electrons. The van der Waals surface area contributed by atoms with Gasteiger partial charge in [-0.05, 0) is 17.7 Å². The number of aliphatic carboxylic acids is 1. The van der Waals surface area contributed by atoms with E-state index in [2.05, 4.69) is 17.2 Å². The van der Waals surface area contributed by atoms with Gasteiger partial charge in [0, 0.05) is 13.0 Å². The average Bonchev–Trinajstić information content (AvgIpc) is 2.38. The van der Waals surface area contributed by atoms with Gasteiger partial charge < -0.3 is 20.8 Å². The van der Waals surface area contributed by atoms with E-state index >= 15 is 0 Å². The first-order valence-corrected chi connectivity index (χ1v) is 5.69. The molecule has 0 aliphatic carbocycles. The second-order valence-electron chi connectivity index (χ2n) is 3.90. The number of rotatable bonds is 6. The fourth-order valence-electron chi connectivity index (χ4n) is 1.44. The zero-order valence-electron chi connectivity index (χ0n) is 10.3. The molecule has 2 amide bonds. The molecule has 6 nitrogen and oxygen atoms in total. The van der Waals surface area contributed by atoms with Gasteiger partial charge in [-0.1, -0.05) is 18.2 Å². The molecule has 0 saturated carbocycles. The number of hydrogen-bond donors (Lipinski definition) is 4. The van der Waals surface area contributed by atoms with Crippen LogP contribution in [0.4, 0.5) is 4.79 Å². The van der Waals surface area contributed by atoms with Crippen molar-refractivity contribution >= 4 is 12.0 Å². The van der Waals surface area contributed by atoms with Crippen molar-refractivity contribution in [2.24, 2.45) is 0 Å². The van der Waals surface area contributed by atoms with Gasteiger partial charge in [0.15, 0.2) is 0 Å². The molecule has 0 heterocycles. The Labute approximate surface area is 110 Å². The number of nitrogens with one attached hydrogen (secondary N) is 2. The first-order chi connectivity index (χ1) is 9.02. The minimum absolute atomic E-state index is 0.104. The number of phenols is 1. The van der Waals surface area contributed by atoms with Crippen molar-refractivity contribution in [1.82, 2.24) is 10.6 Å². The highest BCUT2D eigenvalue weighted by Crippen LogP contribution is 2.11. The van der Waals surface area contributed by atoms with Gasteiger partial charge in [0.05, 0.1) is 0 Å². The van der Waals surface area contributed by atoms with Crippen LogP contribution in [0.2, 0.25) is 0 Å². The van der Waals surface area contributed by atoms with E-state index in [-0.39, 0.29) is 18.7 Å². The smallest absolute Gasteiger partial charge is 0.326 e. The Balaban J connectivity index is 2.62. The molecular formula is C13H16N2O4. The van der Waals surface area contributed by atoms with Crippen molar-refractivity contribution in [2.75, 3.05) is 6.54 Å². The second kappa shape index (κ2) is 7.05. The van der Waals surface area contributed by atoms with E-state index in [0.29, 0.717) is 5.56 Å². The van der Waals surface area contributed by atoms with E-state index in [1.54, 1.807) is 12.1 Å². The average molecular weight is 264 g/mol. The monoisotopic (exact) mass is 264 g/mol. The lowest BCUT2D eigenvalue weighted by Gasteiger charge is -2.14. The minimum atomic E-state index is -1.12. The lowest BCUT2D eigenvalue weighted by atomic mass is 10.1. The molecule has 0 unspecified atom stereocenters. The highest BCUT2D eigenvalue weighted by Gasteiger charge is 2.19. The number of hydrogen-bond acceptors (Lipinski definition) is 3. The Bertz CT molecular complexity index is 456. The lowest BCUT2D eigenvalue weighted by molar-refractivity contribution is -0.139. The Hall–Kier alpha value is -2.50. The number of amides is 2. The zero-order chi connectivity index (χ0) is 14.3. The number of carboxylic acid groups (broad SMARTS) is 1. The van der Waals surface area contributed by atoms with Gasteiger partial charge in [-0.15, -0.1) is 6.58 Å². The van der Waals surface area contributed by atoms with E-state index in [9.17, 15) is 9.59 Å². The van der Waals surface area contributed by atoms with Crippen molar-refractivity contribution in [2.45, 2.75) is 12.5 Å². The molecule has 1 aromatic carbocycles. The maximum Gasteiger partial charge on any atom is 0.326 e. The van der Waals surface area contributed by atoms with Crippen LogP contribution in [0.5, 0.6) is 5.75 Å². The Morgan fingerprint density at radius 1 is 1.32 bits per heavy atom. The lowest BCUT2D eigenvalue weighted by Crippen LogP contribution is -2.47. The zero-order valence-corrected chi connectivity index (χ0v) is 10.3. The number of phenolic OH excluding ortho intramolecular Hbond substituents is 1. The molecule has 1 rings (SSSR count). The summed E-state index contributed by atoms with van der Waals surface area (Å²) < 4.78 is 0. The molecule has 6 heteroatoms. The molecule has 0 aliphatic heterocycles. The summed E-state index contributed by atoms with van der Waals surface area (Å²) in [7, 11) is 0. The summed E-state index contributed by atoms with van der Waals surface area (Å²) in [5.41, 5.74) is 0.703. The van der Waals surface area contributed by atoms with Crippen LogP contribution in [0.25, 0.3) is 0 Å². The van der Waals surface area contributed by atoms with Gasteiger partial charge in [-0.25, -0.2) is 9.59 Å². The summed E-state index contributed by atoms with van der Waals surface area (Å²) in [5, 5.41) is 23.0. The predicted molar refractivity (Wildman–Crippen MR) is 70.0 cm³/mol. The fourth-order valence-corrected chi connectivity index (χ4v) is 1.44. The molecule has 1 atom stereocenters. The van der Waals surface area contributed by atoms with Crippen molar-refractivity contribution in [3.8, 4) is 5.75 Å². The number of aromatic hydroxyl groups is 1.